The number of aromatic nitrogens is 3. The number of carbonyl (C=O) groups is 1. The van der Waals surface area contributed by atoms with Crippen LogP contribution in [-0.4, -0.2) is 78.8 Å². The third-order valence-corrected chi connectivity index (χ3v) is 8.47. The van der Waals surface area contributed by atoms with Gasteiger partial charge in [-0.25, -0.2) is 13.4 Å². The quantitative estimate of drug-likeness (QED) is 0.461. The number of likely N-dealkylation sites (tertiary alicyclic amines) is 1. The van der Waals surface area contributed by atoms with E-state index in [0.717, 1.165) is 74.7 Å². The van der Waals surface area contributed by atoms with Crippen LogP contribution >= 0.6 is 11.6 Å². The van der Waals surface area contributed by atoms with Crippen molar-refractivity contribution in [3.8, 4) is 0 Å². The van der Waals surface area contributed by atoms with E-state index in [2.05, 4.69) is 27.5 Å². The molecule has 0 saturated carbocycles. The molecule has 3 saturated heterocycles. The monoisotopic (exact) mass is 572 g/mol. The molecule has 5 heterocycles. The van der Waals surface area contributed by atoms with E-state index in [1.54, 1.807) is 11.0 Å². The Morgan fingerprint density at radius 1 is 1.10 bits per heavy atom. The molecule has 208 valence electrons. The number of nitrogens with zero attached hydrogens (tertiary/aromatic N) is 6. The molecule has 0 radical (unpaired) electrons. The van der Waals surface area contributed by atoms with Gasteiger partial charge in [0.15, 0.2) is 5.65 Å². The number of hydrogen-bond donors (Lipinski definition) is 2. The average molecular weight is 573 g/mol. The minimum Gasteiger partial charge on any atom is -0.356 e. The number of nitrogens with one attached hydrogen (secondary N) is 1. The zero-order valence-electron chi connectivity index (χ0n) is 22.0. The van der Waals surface area contributed by atoms with Crippen molar-refractivity contribution < 1.29 is 13.2 Å². The molecule has 3 aromatic rings. The van der Waals surface area contributed by atoms with Gasteiger partial charge < -0.3 is 20.4 Å². The minimum atomic E-state index is -3.59. The lowest BCUT2D eigenvalue weighted by atomic mass is 9.98. The first-order chi connectivity index (χ1) is 18.6. The van der Waals surface area contributed by atoms with Gasteiger partial charge in [0.25, 0.3) is 5.91 Å². The first-order valence-corrected chi connectivity index (χ1v) is 15.6. The molecular weight excluding hydrogens is 540 g/mol. The molecule has 3 aliphatic heterocycles. The van der Waals surface area contributed by atoms with Crippen LogP contribution in [0.5, 0.6) is 0 Å². The van der Waals surface area contributed by atoms with Crippen molar-refractivity contribution in [3.05, 3.63) is 46.6 Å². The molecule has 3 fully saturated rings. The molecule has 3 N–H and O–H groups in total. The van der Waals surface area contributed by atoms with Crippen molar-refractivity contribution in [1.29, 1.82) is 0 Å². The molecule has 0 unspecified atom stereocenters. The number of fused-ring (bicyclic) bond motifs is 1. The fraction of sp³-hybridized carbons (Fsp3) is 0.500. The SMILES string of the molecule is CC1CN(c2cc(N3CC(N)C3)n3nc([C@@H]4CCCCN4C(=O)c4cc(Cl)ccc4NS(C)(=O)=O)cc3n2)C1. The van der Waals surface area contributed by atoms with Gasteiger partial charge in [-0.3, -0.25) is 9.52 Å². The molecule has 1 atom stereocenters. The van der Waals surface area contributed by atoms with Gasteiger partial charge in [-0.05, 0) is 43.4 Å². The maximum atomic E-state index is 13.9. The van der Waals surface area contributed by atoms with Gasteiger partial charge in [-0.15, -0.1) is 0 Å². The van der Waals surface area contributed by atoms with E-state index < -0.39 is 10.0 Å². The summed E-state index contributed by atoms with van der Waals surface area (Å²) in [4.78, 5) is 25.1. The van der Waals surface area contributed by atoms with E-state index in [1.165, 1.54) is 12.1 Å². The lowest BCUT2D eigenvalue weighted by Gasteiger charge is -2.41. The molecule has 1 aromatic carbocycles. The summed E-state index contributed by atoms with van der Waals surface area (Å²) in [5.74, 6) is 2.22. The molecule has 0 bridgehead atoms. The number of anilines is 3. The smallest absolute Gasteiger partial charge is 0.256 e. The van der Waals surface area contributed by atoms with Crippen LogP contribution in [0.4, 0.5) is 17.3 Å². The Labute approximate surface area is 233 Å². The number of hydrogen-bond acceptors (Lipinski definition) is 8. The van der Waals surface area contributed by atoms with E-state index in [0.29, 0.717) is 17.5 Å². The molecule has 0 aliphatic carbocycles. The summed E-state index contributed by atoms with van der Waals surface area (Å²) >= 11 is 6.23. The number of halogens is 1. The van der Waals surface area contributed by atoms with Crippen molar-refractivity contribution in [3.63, 3.8) is 0 Å². The van der Waals surface area contributed by atoms with E-state index in [-0.39, 0.29) is 29.2 Å². The summed E-state index contributed by atoms with van der Waals surface area (Å²) in [6.45, 7) is 6.20. The predicted molar refractivity (Wildman–Crippen MR) is 152 cm³/mol. The molecule has 39 heavy (non-hydrogen) atoms. The number of piperidine rings is 1. The van der Waals surface area contributed by atoms with Gasteiger partial charge in [-0.2, -0.15) is 9.61 Å². The van der Waals surface area contributed by atoms with Gasteiger partial charge in [0.1, 0.15) is 11.6 Å². The summed E-state index contributed by atoms with van der Waals surface area (Å²) in [6.07, 6.45) is 3.59. The van der Waals surface area contributed by atoms with Gasteiger partial charge in [0, 0.05) is 55.9 Å². The van der Waals surface area contributed by atoms with Crippen LogP contribution in [0.3, 0.4) is 0 Å². The fourth-order valence-electron chi connectivity index (χ4n) is 5.72. The first-order valence-electron chi connectivity index (χ1n) is 13.3. The Morgan fingerprint density at radius 3 is 2.56 bits per heavy atom. The van der Waals surface area contributed by atoms with Crippen molar-refractivity contribution >= 4 is 50.5 Å². The van der Waals surface area contributed by atoms with Crippen LogP contribution in [0, 0.1) is 5.92 Å². The van der Waals surface area contributed by atoms with Gasteiger partial charge in [0.05, 0.1) is 29.2 Å². The molecule has 3 aliphatic rings. The van der Waals surface area contributed by atoms with Crippen LogP contribution in [0.1, 0.15) is 48.3 Å². The number of carbonyl (C=O) groups excluding carboxylic acids is 1. The molecule has 1 amide bonds. The standard InChI is InChI=1S/C26H33ClN8O3S/c1-16-12-32(13-16)23-11-25(33-14-18(28)15-33)35-24(29-23)10-21(30-35)22-5-3-4-8-34(22)26(36)19-9-17(27)6-7-20(19)31-39(2,37)38/h6-7,9-11,16,18,22,31H,3-5,8,12-15,28H2,1-2H3/t22-/m0/s1. The lowest BCUT2D eigenvalue weighted by Crippen LogP contribution is -2.56. The third-order valence-electron chi connectivity index (χ3n) is 7.65. The van der Waals surface area contributed by atoms with Crippen LogP contribution in [0.2, 0.25) is 5.02 Å². The molecule has 6 rings (SSSR count). The molecule has 0 spiro atoms. The van der Waals surface area contributed by atoms with Crippen LogP contribution < -0.4 is 20.3 Å². The zero-order chi connectivity index (χ0) is 27.5. The highest BCUT2D eigenvalue weighted by Crippen LogP contribution is 2.36. The second kappa shape index (κ2) is 9.83. The van der Waals surface area contributed by atoms with E-state index >= 15 is 0 Å². The summed E-state index contributed by atoms with van der Waals surface area (Å²) in [7, 11) is -3.59. The lowest BCUT2D eigenvalue weighted by molar-refractivity contribution is 0.0607. The largest absolute Gasteiger partial charge is 0.356 e. The van der Waals surface area contributed by atoms with Crippen LogP contribution in [-0.2, 0) is 10.0 Å². The summed E-state index contributed by atoms with van der Waals surface area (Å²) in [5.41, 5.74) is 8.01. The number of rotatable bonds is 6. The Morgan fingerprint density at radius 2 is 1.87 bits per heavy atom. The van der Waals surface area contributed by atoms with E-state index in [9.17, 15) is 13.2 Å². The Balaban J connectivity index is 1.37. The minimum absolute atomic E-state index is 0.134. The molecule has 2 aromatic heterocycles. The summed E-state index contributed by atoms with van der Waals surface area (Å²) in [6, 6.07) is 8.51. The number of amides is 1. The number of sulfonamides is 1. The maximum Gasteiger partial charge on any atom is 0.256 e. The van der Waals surface area contributed by atoms with Crippen LogP contribution in [0.25, 0.3) is 5.65 Å². The zero-order valence-corrected chi connectivity index (χ0v) is 23.6. The first kappa shape index (κ1) is 26.1. The van der Waals surface area contributed by atoms with Gasteiger partial charge in [0.2, 0.25) is 10.0 Å². The second-order valence-electron chi connectivity index (χ2n) is 11.1. The Kier molecular flexibility index (Phi) is 6.59. The van der Waals surface area contributed by atoms with Crippen molar-refractivity contribution in [2.75, 3.05) is 53.5 Å². The second-order valence-corrected chi connectivity index (χ2v) is 13.2. The number of benzene rings is 1. The highest BCUT2D eigenvalue weighted by molar-refractivity contribution is 7.92. The van der Waals surface area contributed by atoms with E-state index in [4.69, 9.17) is 27.4 Å². The third kappa shape index (κ3) is 5.12. The maximum absolute atomic E-state index is 13.9. The van der Waals surface area contributed by atoms with Crippen molar-refractivity contribution in [2.45, 2.75) is 38.3 Å². The highest BCUT2D eigenvalue weighted by Gasteiger charge is 2.34. The average Bonchev–Trinajstić information content (AvgIpc) is 3.28. The molecule has 11 nitrogen and oxygen atoms in total. The predicted octanol–water partition coefficient (Wildman–Crippen LogP) is 2.72. The van der Waals surface area contributed by atoms with Crippen molar-refractivity contribution in [1.82, 2.24) is 19.5 Å². The molecular formula is C26H33ClN8O3S. The topological polar surface area (TPSA) is 129 Å². The normalized spacial score (nSPS) is 20.7. The van der Waals surface area contributed by atoms with Gasteiger partial charge in [-0.1, -0.05) is 18.5 Å². The van der Waals surface area contributed by atoms with Crippen LogP contribution in [0.15, 0.2) is 30.3 Å². The summed E-state index contributed by atoms with van der Waals surface area (Å²) < 4.78 is 28.3. The fourth-order valence-corrected chi connectivity index (χ4v) is 6.47. The van der Waals surface area contributed by atoms with Gasteiger partial charge >= 0.3 is 0 Å². The summed E-state index contributed by atoms with van der Waals surface area (Å²) in [5, 5.41) is 5.33. The highest BCUT2D eigenvalue weighted by atomic mass is 35.5. The molecule has 13 heteroatoms. The Hall–Kier alpha value is -3.09. The Bertz CT molecular complexity index is 1530. The van der Waals surface area contributed by atoms with E-state index in [1.807, 2.05) is 10.6 Å². The number of nitrogens with two attached hydrogens (primary N) is 1. The van der Waals surface area contributed by atoms with Crippen molar-refractivity contribution in [2.24, 2.45) is 11.7 Å².